The molecule has 0 aliphatic carbocycles. The van der Waals surface area contributed by atoms with Crippen molar-refractivity contribution in [3.8, 4) is 0 Å². The Morgan fingerprint density at radius 2 is 2.04 bits per heavy atom. The van der Waals surface area contributed by atoms with Gasteiger partial charge in [0.1, 0.15) is 0 Å². The number of sulfone groups is 1. The van der Waals surface area contributed by atoms with Crippen molar-refractivity contribution in [3.05, 3.63) is 18.2 Å². The maximum absolute atomic E-state index is 12.5. The molecule has 1 atom stereocenters. The van der Waals surface area contributed by atoms with Gasteiger partial charge in [-0.2, -0.15) is 0 Å². The summed E-state index contributed by atoms with van der Waals surface area (Å²) in [5.41, 5.74) is 0.306. The summed E-state index contributed by atoms with van der Waals surface area (Å²) < 4.78 is 24.0. The molecule has 140 valence electrons. The smallest absolute Gasteiger partial charge is 0.231 e. The third-order valence-electron chi connectivity index (χ3n) is 4.32. The Hall–Kier alpha value is -2.00. The molecule has 26 heavy (non-hydrogen) atoms. The molecule has 1 aliphatic heterocycles. The SMILES string of the molecule is CC(C)(C)N1CC(C(=O)Nc2nc3ccc(S(C)(=O)=O)cc3s2)CC1=O. The highest BCUT2D eigenvalue weighted by molar-refractivity contribution is 7.90. The molecule has 2 heterocycles. The Morgan fingerprint density at radius 1 is 1.35 bits per heavy atom. The average Bonchev–Trinajstić information content (AvgIpc) is 3.07. The fourth-order valence-corrected chi connectivity index (χ4v) is 4.56. The van der Waals surface area contributed by atoms with Crippen molar-refractivity contribution < 1.29 is 18.0 Å². The summed E-state index contributed by atoms with van der Waals surface area (Å²) in [4.78, 5) is 30.9. The maximum Gasteiger partial charge on any atom is 0.231 e. The number of rotatable bonds is 3. The third-order valence-corrected chi connectivity index (χ3v) is 6.37. The van der Waals surface area contributed by atoms with Crippen molar-refractivity contribution in [1.82, 2.24) is 9.88 Å². The first kappa shape index (κ1) is 18.8. The van der Waals surface area contributed by atoms with Gasteiger partial charge in [0.15, 0.2) is 15.0 Å². The quantitative estimate of drug-likeness (QED) is 0.860. The van der Waals surface area contributed by atoms with Crippen LogP contribution >= 0.6 is 11.3 Å². The number of nitrogens with one attached hydrogen (secondary N) is 1. The van der Waals surface area contributed by atoms with Gasteiger partial charge >= 0.3 is 0 Å². The lowest BCUT2D eigenvalue weighted by Gasteiger charge is -2.31. The van der Waals surface area contributed by atoms with Crippen molar-refractivity contribution in [3.63, 3.8) is 0 Å². The van der Waals surface area contributed by atoms with E-state index in [4.69, 9.17) is 0 Å². The van der Waals surface area contributed by atoms with Crippen molar-refractivity contribution in [2.45, 2.75) is 37.6 Å². The Morgan fingerprint density at radius 3 is 2.62 bits per heavy atom. The van der Waals surface area contributed by atoms with Crippen molar-refractivity contribution in [2.24, 2.45) is 5.92 Å². The number of hydrogen-bond acceptors (Lipinski definition) is 6. The molecule has 9 heteroatoms. The van der Waals surface area contributed by atoms with Crippen LogP contribution in [0, 0.1) is 5.92 Å². The van der Waals surface area contributed by atoms with Crippen molar-refractivity contribution in [1.29, 1.82) is 0 Å². The van der Waals surface area contributed by atoms with Gasteiger partial charge < -0.3 is 10.2 Å². The summed E-state index contributed by atoms with van der Waals surface area (Å²) in [6.45, 7) is 6.21. The number of carbonyl (C=O) groups is 2. The number of carbonyl (C=O) groups excluding carboxylic acids is 2. The van der Waals surface area contributed by atoms with E-state index >= 15 is 0 Å². The van der Waals surface area contributed by atoms with Gasteiger partial charge in [0.25, 0.3) is 0 Å². The molecule has 1 aromatic carbocycles. The fourth-order valence-electron chi connectivity index (χ4n) is 2.93. The molecule has 1 aliphatic rings. The summed E-state index contributed by atoms with van der Waals surface area (Å²) in [6, 6.07) is 4.68. The zero-order chi connectivity index (χ0) is 19.3. The van der Waals surface area contributed by atoms with E-state index < -0.39 is 15.8 Å². The third kappa shape index (κ3) is 3.73. The topological polar surface area (TPSA) is 96.4 Å². The number of thiazole rings is 1. The number of likely N-dealkylation sites (tertiary alicyclic amines) is 1. The van der Waals surface area contributed by atoms with Gasteiger partial charge in [-0.1, -0.05) is 11.3 Å². The minimum absolute atomic E-state index is 0.0280. The van der Waals surface area contributed by atoms with Gasteiger partial charge in [-0.3, -0.25) is 9.59 Å². The lowest BCUT2D eigenvalue weighted by molar-refractivity contribution is -0.131. The van der Waals surface area contributed by atoms with E-state index in [9.17, 15) is 18.0 Å². The molecule has 1 saturated heterocycles. The van der Waals surface area contributed by atoms with Crippen LogP contribution in [0.25, 0.3) is 10.2 Å². The minimum Gasteiger partial charge on any atom is -0.337 e. The van der Waals surface area contributed by atoms with Crippen LogP contribution in [-0.4, -0.2) is 48.5 Å². The van der Waals surface area contributed by atoms with Crippen LogP contribution in [0.3, 0.4) is 0 Å². The Kier molecular flexibility index (Phi) is 4.56. The van der Waals surface area contributed by atoms with Gasteiger partial charge in [0, 0.05) is 24.8 Å². The highest BCUT2D eigenvalue weighted by Gasteiger charge is 2.39. The molecule has 1 aromatic heterocycles. The van der Waals surface area contributed by atoms with Gasteiger partial charge in [0.2, 0.25) is 11.8 Å². The van der Waals surface area contributed by atoms with Gasteiger partial charge in [-0.25, -0.2) is 13.4 Å². The normalized spacial score (nSPS) is 18.5. The number of fused-ring (bicyclic) bond motifs is 1. The van der Waals surface area contributed by atoms with Gasteiger partial charge in [-0.15, -0.1) is 0 Å². The highest BCUT2D eigenvalue weighted by atomic mass is 32.2. The van der Waals surface area contributed by atoms with E-state index in [-0.39, 0.29) is 28.7 Å². The molecule has 0 radical (unpaired) electrons. The van der Waals surface area contributed by atoms with Gasteiger partial charge in [-0.05, 0) is 39.0 Å². The first-order chi connectivity index (χ1) is 11.9. The van der Waals surface area contributed by atoms with Crippen LogP contribution < -0.4 is 5.32 Å². The lowest BCUT2D eigenvalue weighted by atomic mass is 10.1. The number of amides is 2. The zero-order valence-electron chi connectivity index (χ0n) is 15.1. The van der Waals surface area contributed by atoms with Crippen LogP contribution in [0.15, 0.2) is 23.1 Å². The molecule has 1 unspecified atom stereocenters. The van der Waals surface area contributed by atoms with E-state index in [0.29, 0.717) is 21.9 Å². The lowest BCUT2D eigenvalue weighted by Crippen LogP contribution is -2.42. The van der Waals surface area contributed by atoms with Crippen LogP contribution in [-0.2, 0) is 19.4 Å². The molecule has 0 saturated carbocycles. The molecule has 7 nitrogen and oxygen atoms in total. The van der Waals surface area contributed by atoms with Crippen molar-refractivity contribution in [2.75, 3.05) is 18.1 Å². The monoisotopic (exact) mass is 395 g/mol. The predicted molar refractivity (Wildman–Crippen MR) is 101 cm³/mol. The van der Waals surface area contributed by atoms with Crippen LogP contribution in [0.1, 0.15) is 27.2 Å². The molecule has 2 amide bonds. The molecule has 0 spiro atoms. The fraction of sp³-hybridized carbons (Fsp3) is 0.471. The summed E-state index contributed by atoms with van der Waals surface area (Å²) in [5, 5.41) is 3.16. The summed E-state index contributed by atoms with van der Waals surface area (Å²) in [5.74, 6) is -0.687. The zero-order valence-corrected chi connectivity index (χ0v) is 16.7. The second-order valence-corrected chi connectivity index (χ2v) is 10.5. The summed E-state index contributed by atoms with van der Waals surface area (Å²) in [6.07, 6.45) is 1.34. The molecular formula is C17H21N3O4S2. The summed E-state index contributed by atoms with van der Waals surface area (Å²) >= 11 is 1.22. The van der Waals surface area contributed by atoms with E-state index in [1.54, 1.807) is 17.0 Å². The number of benzene rings is 1. The van der Waals surface area contributed by atoms with E-state index in [2.05, 4.69) is 10.3 Å². The Labute approximate surface area is 156 Å². The molecule has 2 aromatic rings. The maximum atomic E-state index is 12.5. The van der Waals surface area contributed by atoms with Crippen molar-refractivity contribution >= 4 is 48.3 Å². The number of anilines is 1. The molecule has 0 bridgehead atoms. The average molecular weight is 396 g/mol. The van der Waals surface area contributed by atoms with Gasteiger partial charge in [0.05, 0.1) is 21.0 Å². The van der Waals surface area contributed by atoms with E-state index in [1.165, 1.54) is 17.4 Å². The molecule has 1 N–H and O–H groups in total. The predicted octanol–water partition coefficient (Wildman–Crippen LogP) is 2.29. The van der Waals surface area contributed by atoms with E-state index in [0.717, 1.165) is 6.26 Å². The molecule has 3 rings (SSSR count). The molecule has 1 fully saturated rings. The minimum atomic E-state index is -3.30. The first-order valence-corrected chi connectivity index (χ1v) is 10.9. The van der Waals surface area contributed by atoms with Crippen LogP contribution in [0.2, 0.25) is 0 Å². The largest absolute Gasteiger partial charge is 0.337 e. The van der Waals surface area contributed by atoms with Crippen LogP contribution in [0.5, 0.6) is 0 Å². The standard InChI is InChI=1S/C17H21N3O4S2/c1-17(2,3)20-9-10(7-14(20)21)15(22)19-16-18-12-6-5-11(26(4,23)24)8-13(12)25-16/h5-6,8,10H,7,9H2,1-4H3,(H,18,19,22). The molecular weight excluding hydrogens is 374 g/mol. The second kappa shape index (κ2) is 6.31. The number of hydrogen-bond donors (Lipinski definition) is 1. The highest BCUT2D eigenvalue weighted by Crippen LogP contribution is 2.30. The van der Waals surface area contributed by atoms with Crippen LogP contribution in [0.4, 0.5) is 5.13 Å². The number of nitrogens with zero attached hydrogens (tertiary/aromatic N) is 2. The Balaban J connectivity index is 1.77. The number of aromatic nitrogens is 1. The Bertz CT molecular complexity index is 989. The second-order valence-electron chi connectivity index (χ2n) is 7.49. The summed E-state index contributed by atoms with van der Waals surface area (Å²) in [7, 11) is -3.30. The first-order valence-electron chi connectivity index (χ1n) is 8.17. The van der Waals surface area contributed by atoms with E-state index in [1.807, 2.05) is 20.8 Å².